The Morgan fingerprint density at radius 2 is 2.13 bits per heavy atom. The Morgan fingerprint density at radius 1 is 1.33 bits per heavy atom. The van der Waals surface area contributed by atoms with Crippen LogP contribution in [0.4, 0.5) is 5.69 Å². The second-order valence-corrected chi connectivity index (χ2v) is 5.27. The highest BCUT2D eigenvalue weighted by Crippen LogP contribution is 2.32. The lowest BCUT2D eigenvalue weighted by atomic mass is 10.2. The molecule has 2 nitrogen and oxygen atoms in total. The van der Waals surface area contributed by atoms with Gasteiger partial charge in [-0.3, -0.25) is 0 Å². The summed E-state index contributed by atoms with van der Waals surface area (Å²) in [7, 11) is 0. The van der Waals surface area contributed by atoms with Crippen LogP contribution in [-0.2, 0) is 5.75 Å². The fraction of sp³-hybridized carbons (Fsp3) is 0.500. The first-order valence-corrected chi connectivity index (χ1v) is 6.47. The van der Waals surface area contributed by atoms with Crippen molar-refractivity contribution in [2.75, 3.05) is 0 Å². The fourth-order valence-electron chi connectivity index (χ4n) is 1.97. The van der Waals surface area contributed by atoms with E-state index in [1.807, 2.05) is 23.9 Å². The minimum absolute atomic E-state index is 0.541. The number of hydrogen-bond donors (Lipinski definition) is 0. The third-order valence-electron chi connectivity index (χ3n) is 2.80. The van der Waals surface area contributed by atoms with E-state index < -0.39 is 0 Å². The maximum atomic E-state index is 10.4. The molecule has 1 aliphatic rings. The molecular formula is C12H15NOS. The molecule has 0 heterocycles. The maximum absolute atomic E-state index is 10.4. The molecule has 0 atom stereocenters. The summed E-state index contributed by atoms with van der Waals surface area (Å²) in [5.41, 5.74) is 1.75. The van der Waals surface area contributed by atoms with E-state index >= 15 is 0 Å². The number of thioether (sulfide) groups is 1. The summed E-state index contributed by atoms with van der Waals surface area (Å²) in [5.74, 6) is 1.01. The Morgan fingerprint density at radius 3 is 2.87 bits per heavy atom. The first-order chi connectivity index (χ1) is 7.38. The molecule has 0 saturated heterocycles. The molecule has 1 aromatic carbocycles. The fourth-order valence-corrected chi connectivity index (χ4v) is 3.25. The van der Waals surface area contributed by atoms with Gasteiger partial charge in [0.2, 0.25) is 0 Å². The van der Waals surface area contributed by atoms with E-state index in [4.69, 9.17) is 0 Å². The van der Waals surface area contributed by atoms with Gasteiger partial charge < -0.3 is 0 Å². The van der Waals surface area contributed by atoms with Gasteiger partial charge >= 0.3 is 0 Å². The number of nitrogens with zero attached hydrogens (tertiary/aromatic N) is 1. The monoisotopic (exact) mass is 221 g/mol. The molecule has 1 aromatic rings. The zero-order valence-electron chi connectivity index (χ0n) is 8.69. The Labute approximate surface area is 94.4 Å². The van der Waals surface area contributed by atoms with Gasteiger partial charge in [-0.25, -0.2) is 0 Å². The minimum Gasteiger partial charge on any atom is -0.154 e. The van der Waals surface area contributed by atoms with Crippen molar-refractivity contribution >= 4 is 17.4 Å². The molecule has 1 saturated carbocycles. The Kier molecular flexibility index (Phi) is 3.78. The quantitative estimate of drug-likeness (QED) is 0.711. The molecule has 2 rings (SSSR count). The van der Waals surface area contributed by atoms with E-state index in [1.54, 1.807) is 6.07 Å². The summed E-state index contributed by atoms with van der Waals surface area (Å²) < 4.78 is 0. The number of nitroso groups, excluding NO2 is 1. The molecule has 1 aliphatic carbocycles. The van der Waals surface area contributed by atoms with Gasteiger partial charge in [0.15, 0.2) is 0 Å². The normalized spacial score (nSPS) is 16.8. The van der Waals surface area contributed by atoms with Gasteiger partial charge in [0.25, 0.3) is 0 Å². The second kappa shape index (κ2) is 5.31. The average Bonchev–Trinajstić information content (AvgIpc) is 2.79. The predicted molar refractivity (Wildman–Crippen MR) is 65.4 cm³/mol. The lowest BCUT2D eigenvalue weighted by Crippen LogP contribution is -1.94. The van der Waals surface area contributed by atoms with Crippen LogP contribution in [0.15, 0.2) is 29.4 Å². The topological polar surface area (TPSA) is 29.4 Å². The van der Waals surface area contributed by atoms with Crippen LogP contribution in [0, 0.1) is 4.91 Å². The molecule has 0 spiro atoms. The van der Waals surface area contributed by atoms with Crippen LogP contribution in [0.2, 0.25) is 0 Å². The van der Waals surface area contributed by atoms with Crippen molar-refractivity contribution in [2.45, 2.75) is 36.7 Å². The highest BCUT2D eigenvalue weighted by Gasteiger charge is 2.14. The van der Waals surface area contributed by atoms with Crippen molar-refractivity contribution in [1.82, 2.24) is 0 Å². The summed E-state index contributed by atoms with van der Waals surface area (Å²) >= 11 is 2.01. The molecule has 0 aromatic heterocycles. The van der Waals surface area contributed by atoms with E-state index in [9.17, 15) is 4.91 Å². The summed E-state index contributed by atoms with van der Waals surface area (Å²) in [6.45, 7) is 0. The highest BCUT2D eigenvalue weighted by atomic mass is 32.2. The SMILES string of the molecule is O=Nc1cccc(CSC2CCCC2)c1. The smallest absolute Gasteiger partial charge is 0.108 e. The van der Waals surface area contributed by atoms with Crippen molar-refractivity contribution in [1.29, 1.82) is 0 Å². The number of rotatable bonds is 4. The largest absolute Gasteiger partial charge is 0.154 e. The third-order valence-corrected chi connectivity index (χ3v) is 4.25. The molecule has 80 valence electrons. The van der Waals surface area contributed by atoms with Crippen LogP contribution in [0.3, 0.4) is 0 Å². The number of hydrogen-bond acceptors (Lipinski definition) is 3. The zero-order valence-corrected chi connectivity index (χ0v) is 9.50. The summed E-state index contributed by atoms with van der Waals surface area (Å²) in [5, 5.41) is 3.78. The Hall–Kier alpha value is -0.830. The molecule has 3 heteroatoms. The molecule has 0 N–H and O–H groups in total. The Bertz CT molecular complexity index is 334. The highest BCUT2D eigenvalue weighted by molar-refractivity contribution is 7.99. The van der Waals surface area contributed by atoms with E-state index in [-0.39, 0.29) is 0 Å². The lowest BCUT2D eigenvalue weighted by Gasteiger charge is -2.08. The van der Waals surface area contributed by atoms with Gasteiger partial charge in [-0.15, -0.1) is 4.91 Å². The molecule has 0 aliphatic heterocycles. The van der Waals surface area contributed by atoms with Crippen molar-refractivity contribution in [3.8, 4) is 0 Å². The predicted octanol–water partition coefficient (Wildman–Crippen LogP) is 4.26. The van der Waals surface area contributed by atoms with Gasteiger partial charge in [0, 0.05) is 11.0 Å². The second-order valence-electron chi connectivity index (χ2n) is 3.98. The first-order valence-electron chi connectivity index (χ1n) is 5.42. The van der Waals surface area contributed by atoms with Crippen LogP contribution in [0.25, 0.3) is 0 Å². The van der Waals surface area contributed by atoms with Crippen LogP contribution < -0.4 is 0 Å². The minimum atomic E-state index is 0.541. The number of benzene rings is 1. The molecule has 15 heavy (non-hydrogen) atoms. The molecule has 0 radical (unpaired) electrons. The van der Waals surface area contributed by atoms with E-state index in [2.05, 4.69) is 11.2 Å². The molecule has 0 unspecified atom stereocenters. The summed E-state index contributed by atoms with van der Waals surface area (Å²) in [6.07, 6.45) is 5.48. The van der Waals surface area contributed by atoms with E-state index in [0.717, 1.165) is 11.0 Å². The van der Waals surface area contributed by atoms with Crippen LogP contribution in [0.1, 0.15) is 31.2 Å². The molecular weight excluding hydrogens is 206 g/mol. The zero-order chi connectivity index (χ0) is 10.5. The van der Waals surface area contributed by atoms with Crippen LogP contribution >= 0.6 is 11.8 Å². The van der Waals surface area contributed by atoms with Crippen molar-refractivity contribution in [3.63, 3.8) is 0 Å². The maximum Gasteiger partial charge on any atom is 0.108 e. The van der Waals surface area contributed by atoms with Crippen LogP contribution in [-0.4, -0.2) is 5.25 Å². The van der Waals surface area contributed by atoms with Crippen LogP contribution in [0.5, 0.6) is 0 Å². The molecule has 0 amide bonds. The van der Waals surface area contributed by atoms with Gasteiger partial charge in [-0.2, -0.15) is 11.8 Å². The first kappa shape index (κ1) is 10.7. The van der Waals surface area contributed by atoms with Gasteiger partial charge in [0.05, 0.1) is 0 Å². The molecule has 1 fully saturated rings. The molecule has 0 bridgehead atoms. The van der Waals surface area contributed by atoms with Crippen molar-refractivity contribution in [3.05, 3.63) is 34.7 Å². The third kappa shape index (κ3) is 3.06. The van der Waals surface area contributed by atoms with Gasteiger partial charge in [0.1, 0.15) is 5.69 Å². The standard InChI is InChI=1S/C12H15NOS/c14-13-11-5-3-4-10(8-11)9-15-12-6-1-2-7-12/h3-5,8,12H,1-2,6-7,9H2. The summed E-state index contributed by atoms with van der Waals surface area (Å²) in [6, 6.07) is 7.60. The van der Waals surface area contributed by atoms with Crippen molar-refractivity contribution < 1.29 is 0 Å². The Balaban J connectivity index is 1.89. The van der Waals surface area contributed by atoms with Crippen molar-refractivity contribution in [2.24, 2.45) is 5.18 Å². The van der Waals surface area contributed by atoms with E-state index in [0.29, 0.717) is 5.69 Å². The van der Waals surface area contributed by atoms with E-state index in [1.165, 1.54) is 31.2 Å². The summed E-state index contributed by atoms with van der Waals surface area (Å²) in [4.78, 5) is 10.4. The van der Waals surface area contributed by atoms with Gasteiger partial charge in [-0.05, 0) is 35.7 Å². The average molecular weight is 221 g/mol. The lowest BCUT2D eigenvalue weighted by molar-refractivity contribution is 0.886. The van der Waals surface area contributed by atoms with Gasteiger partial charge in [-0.1, -0.05) is 25.0 Å².